The molecule has 0 bridgehead atoms. The minimum absolute atomic E-state index is 0.170. The molecule has 0 saturated heterocycles. The Labute approximate surface area is 146 Å². The second kappa shape index (κ2) is 6.41. The highest BCUT2D eigenvalue weighted by Crippen LogP contribution is 2.46. The van der Waals surface area contributed by atoms with Gasteiger partial charge in [0.05, 0.1) is 0 Å². The summed E-state index contributed by atoms with van der Waals surface area (Å²) in [5.41, 5.74) is 0. The van der Waals surface area contributed by atoms with Crippen LogP contribution in [0.4, 0.5) is 30.7 Å². The van der Waals surface area contributed by atoms with Gasteiger partial charge in [-0.05, 0) is 11.5 Å². The Morgan fingerprint density at radius 1 is 1.08 bits per heavy atom. The summed E-state index contributed by atoms with van der Waals surface area (Å²) < 4.78 is 116. The van der Waals surface area contributed by atoms with Crippen LogP contribution >= 0.6 is 11.6 Å². The minimum Gasteiger partial charge on any atom is -0.357 e. The van der Waals surface area contributed by atoms with E-state index in [2.05, 4.69) is 9.17 Å². The monoisotopic (exact) mass is 425 g/mol. The van der Waals surface area contributed by atoms with Gasteiger partial charge in [0.1, 0.15) is 6.42 Å². The number of nitrogens with zero attached hydrogens (tertiary/aromatic N) is 1. The van der Waals surface area contributed by atoms with E-state index in [1.54, 1.807) is 0 Å². The molecule has 144 valence electrons. The van der Waals surface area contributed by atoms with Gasteiger partial charge >= 0.3 is 27.5 Å². The van der Waals surface area contributed by atoms with E-state index in [4.69, 9.17) is 11.6 Å². The van der Waals surface area contributed by atoms with E-state index < -0.39 is 39.8 Å². The largest absolute Gasteiger partial charge is 0.443 e. The molecular weight excluding hydrogens is 419 g/mol. The lowest BCUT2D eigenvalue weighted by Crippen LogP contribution is -2.50. The molecular formula is C13H7ClF7NO3S. The van der Waals surface area contributed by atoms with Crippen LogP contribution < -0.4 is 4.18 Å². The first-order valence-corrected chi connectivity index (χ1v) is 8.26. The molecule has 0 atom stereocenters. The lowest BCUT2D eigenvalue weighted by molar-refractivity contribution is -0.236. The van der Waals surface area contributed by atoms with Crippen LogP contribution in [-0.4, -0.2) is 30.8 Å². The first kappa shape index (κ1) is 20.5. The number of halogens is 8. The molecule has 2 aromatic rings. The minimum atomic E-state index is -6.50. The van der Waals surface area contributed by atoms with Crippen LogP contribution in [0, 0.1) is 0 Å². The van der Waals surface area contributed by atoms with Crippen molar-refractivity contribution in [1.82, 2.24) is 4.98 Å². The molecule has 26 heavy (non-hydrogen) atoms. The van der Waals surface area contributed by atoms with Crippen molar-refractivity contribution in [1.29, 1.82) is 0 Å². The first-order valence-electron chi connectivity index (χ1n) is 6.47. The normalized spacial score (nSPS) is 13.8. The van der Waals surface area contributed by atoms with E-state index in [0.717, 1.165) is 12.3 Å². The molecule has 1 aromatic carbocycles. The molecule has 2 rings (SSSR count). The standard InChI is InChI=1S/C13H7ClF7NO3S/c14-9-3-1-2-7-4-10(22-5-8(7)9)25-26(23,24)13(20,21)11(15,16)6-12(17,18)19/h1-5H,6H2. The average Bonchev–Trinajstić information content (AvgIpc) is 2.44. The fourth-order valence-electron chi connectivity index (χ4n) is 1.86. The Morgan fingerprint density at radius 3 is 2.27 bits per heavy atom. The Morgan fingerprint density at radius 2 is 1.69 bits per heavy atom. The van der Waals surface area contributed by atoms with Crippen molar-refractivity contribution in [3.05, 3.63) is 35.5 Å². The number of hydrogen-bond donors (Lipinski definition) is 0. The van der Waals surface area contributed by atoms with E-state index in [1.165, 1.54) is 18.2 Å². The third-order valence-electron chi connectivity index (χ3n) is 3.04. The van der Waals surface area contributed by atoms with Gasteiger partial charge in [0.15, 0.2) is 0 Å². The molecule has 0 unspecified atom stereocenters. The van der Waals surface area contributed by atoms with E-state index >= 15 is 0 Å². The predicted molar refractivity (Wildman–Crippen MR) is 76.9 cm³/mol. The van der Waals surface area contributed by atoms with Crippen LogP contribution in [0.15, 0.2) is 30.5 Å². The topological polar surface area (TPSA) is 56.3 Å². The molecule has 4 nitrogen and oxygen atoms in total. The highest BCUT2D eigenvalue weighted by atomic mass is 35.5. The Hall–Kier alpha value is -1.82. The molecule has 0 N–H and O–H groups in total. The Bertz CT molecular complexity index is 931. The summed E-state index contributed by atoms with van der Waals surface area (Å²) in [4.78, 5) is 3.34. The van der Waals surface area contributed by atoms with Gasteiger partial charge in [0.25, 0.3) is 0 Å². The molecule has 0 amide bonds. The maximum Gasteiger partial charge on any atom is 0.443 e. The zero-order valence-electron chi connectivity index (χ0n) is 12.2. The summed E-state index contributed by atoms with van der Waals surface area (Å²) >= 11 is 5.81. The molecule has 0 radical (unpaired) electrons. The Balaban J connectivity index is 2.38. The van der Waals surface area contributed by atoms with Crippen molar-refractivity contribution in [3.8, 4) is 5.88 Å². The van der Waals surface area contributed by atoms with Crippen molar-refractivity contribution in [2.75, 3.05) is 0 Å². The van der Waals surface area contributed by atoms with Gasteiger partial charge in [-0.2, -0.15) is 39.2 Å². The van der Waals surface area contributed by atoms with E-state index in [9.17, 15) is 39.2 Å². The number of hydrogen-bond acceptors (Lipinski definition) is 4. The third kappa shape index (κ3) is 3.95. The van der Waals surface area contributed by atoms with Gasteiger partial charge in [-0.1, -0.05) is 23.7 Å². The molecule has 0 spiro atoms. The van der Waals surface area contributed by atoms with Crippen molar-refractivity contribution in [2.24, 2.45) is 0 Å². The predicted octanol–water partition coefficient (Wildman–Crippen LogP) is 4.78. The number of aromatic nitrogens is 1. The summed E-state index contributed by atoms with van der Waals surface area (Å²) in [7, 11) is -6.50. The Kier molecular flexibility index (Phi) is 5.05. The van der Waals surface area contributed by atoms with Crippen molar-refractivity contribution < 1.29 is 43.3 Å². The van der Waals surface area contributed by atoms with Gasteiger partial charge in [0.2, 0.25) is 5.88 Å². The molecule has 0 saturated carbocycles. The number of benzene rings is 1. The molecule has 0 aliphatic rings. The fourth-order valence-corrected chi connectivity index (χ4v) is 2.95. The van der Waals surface area contributed by atoms with Crippen LogP contribution in [0.5, 0.6) is 5.88 Å². The second-order valence-corrected chi connectivity index (χ2v) is 7.03. The SMILES string of the molecule is O=S(=O)(Oc1cc2cccc(Cl)c2cn1)C(F)(F)C(F)(F)CC(F)(F)F. The third-order valence-corrected chi connectivity index (χ3v) is 4.69. The van der Waals surface area contributed by atoms with Crippen LogP contribution in [0.1, 0.15) is 6.42 Å². The van der Waals surface area contributed by atoms with Crippen molar-refractivity contribution >= 4 is 32.5 Å². The lowest BCUT2D eigenvalue weighted by Gasteiger charge is -2.26. The summed E-state index contributed by atoms with van der Waals surface area (Å²) in [6, 6.07) is 5.01. The maximum absolute atomic E-state index is 13.6. The second-order valence-electron chi connectivity index (χ2n) is 5.03. The number of alkyl halides is 7. The van der Waals surface area contributed by atoms with E-state index in [1.807, 2.05) is 0 Å². The molecule has 1 aromatic heterocycles. The molecule has 0 fully saturated rings. The summed E-state index contributed by atoms with van der Waals surface area (Å²) in [5, 5.41) is -5.54. The highest BCUT2D eigenvalue weighted by Gasteiger charge is 2.70. The number of pyridine rings is 1. The summed E-state index contributed by atoms with van der Waals surface area (Å²) in [6.07, 6.45) is -8.16. The van der Waals surface area contributed by atoms with Gasteiger partial charge in [-0.25, -0.2) is 4.98 Å². The van der Waals surface area contributed by atoms with Gasteiger partial charge in [-0.3, -0.25) is 0 Å². The van der Waals surface area contributed by atoms with Crippen LogP contribution in [0.3, 0.4) is 0 Å². The molecule has 13 heteroatoms. The van der Waals surface area contributed by atoms with Gasteiger partial charge < -0.3 is 4.18 Å². The quantitative estimate of drug-likeness (QED) is 0.511. The summed E-state index contributed by atoms with van der Waals surface area (Å²) in [6.45, 7) is 0. The van der Waals surface area contributed by atoms with E-state index in [-0.39, 0.29) is 15.8 Å². The number of fused-ring (bicyclic) bond motifs is 1. The lowest BCUT2D eigenvalue weighted by atomic mass is 10.2. The zero-order chi connectivity index (χ0) is 20.0. The van der Waals surface area contributed by atoms with Crippen LogP contribution in [-0.2, 0) is 10.1 Å². The van der Waals surface area contributed by atoms with E-state index in [0.29, 0.717) is 0 Å². The van der Waals surface area contributed by atoms with Crippen LogP contribution in [0.25, 0.3) is 10.8 Å². The smallest absolute Gasteiger partial charge is 0.357 e. The zero-order valence-corrected chi connectivity index (χ0v) is 13.8. The van der Waals surface area contributed by atoms with Gasteiger partial charge in [0, 0.05) is 22.7 Å². The number of rotatable bonds is 5. The van der Waals surface area contributed by atoms with Crippen molar-refractivity contribution in [2.45, 2.75) is 23.8 Å². The average molecular weight is 426 g/mol. The fraction of sp³-hybridized carbons (Fsp3) is 0.308. The maximum atomic E-state index is 13.6. The van der Waals surface area contributed by atoms with Gasteiger partial charge in [-0.15, -0.1) is 0 Å². The molecule has 1 heterocycles. The summed E-state index contributed by atoms with van der Waals surface area (Å²) in [5.74, 6) is -6.99. The van der Waals surface area contributed by atoms with Crippen LogP contribution in [0.2, 0.25) is 5.02 Å². The first-order chi connectivity index (χ1) is 11.7. The molecule has 0 aliphatic heterocycles. The highest BCUT2D eigenvalue weighted by molar-refractivity contribution is 7.88. The molecule has 0 aliphatic carbocycles. The van der Waals surface area contributed by atoms with Crippen molar-refractivity contribution in [3.63, 3.8) is 0 Å².